The zero-order valence-corrected chi connectivity index (χ0v) is 12.9. The Balaban J connectivity index is 2.03. The summed E-state index contributed by atoms with van der Waals surface area (Å²) in [6.45, 7) is 5.21. The summed E-state index contributed by atoms with van der Waals surface area (Å²) < 4.78 is 13.8. The van der Waals surface area contributed by atoms with E-state index in [0.29, 0.717) is 12.0 Å². The molecule has 0 amide bonds. The zero-order valence-electron chi connectivity index (χ0n) is 12.1. The maximum Gasteiger partial charge on any atom is 0.126 e. The predicted molar refractivity (Wildman–Crippen MR) is 84.8 cm³/mol. The van der Waals surface area contributed by atoms with Gasteiger partial charge in [0.05, 0.1) is 0 Å². The molecule has 1 atom stereocenters. The molecule has 0 aliphatic carbocycles. The van der Waals surface area contributed by atoms with Gasteiger partial charge in [-0.3, -0.25) is 0 Å². The van der Waals surface area contributed by atoms with Gasteiger partial charge in [-0.05, 0) is 59.3 Å². The Kier molecular flexibility index (Phi) is 5.74. The van der Waals surface area contributed by atoms with E-state index in [0.717, 1.165) is 24.9 Å². The standard InChI is InChI=1S/C17H22FNS/c1-13(2)19-11-15(9-14-7-8-20-12-14)10-16-5-3-4-6-17(16)18/h3-8,12-13,15,19H,9-11H2,1-2H3. The van der Waals surface area contributed by atoms with E-state index in [2.05, 4.69) is 36.0 Å². The average molecular weight is 291 g/mol. The Hall–Kier alpha value is -1.19. The molecule has 1 heterocycles. The number of nitrogens with one attached hydrogen (secondary N) is 1. The molecule has 2 aromatic rings. The van der Waals surface area contributed by atoms with Gasteiger partial charge in [-0.25, -0.2) is 4.39 Å². The van der Waals surface area contributed by atoms with Crippen molar-refractivity contribution in [3.05, 3.63) is 58.0 Å². The van der Waals surface area contributed by atoms with Crippen LogP contribution in [0.15, 0.2) is 41.1 Å². The molecule has 1 N–H and O–H groups in total. The van der Waals surface area contributed by atoms with Crippen molar-refractivity contribution in [1.82, 2.24) is 5.32 Å². The van der Waals surface area contributed by atoms with Crippen LogP contribution in [0, 0.1) is 11.7 Å². The lowest BCUT2D eigenvalue weighted by atomic mass is 9.93. The van der Waals surface area contributed by atoms with Crippen molar-refractivity contribution in [3.63, 3.8) is 0 Å². The van der Waals surface area contributed by atoms with Crippen LogP contribution in [0.3, 0.4) is 0 Å². The molecule has 3 heteroatoms. The molecule has 1 aromatic carbocycles. The van der Waals surface area contributed by atoms with Crippen LogP contribution in [0.4, 0.5) is 4.39 Å². The van der Waals surface area contributed by atoms with Crippen LogP contribution < -0.4 is 5.32 Å². The molecule has 0 aliphatic heterocycles. The van der Waals surface area contributed by atoms with Gasteiger partial charge in [0.15, 0.2) is 0 Å². The normalized spacial score (nSPS) is 12.8. The molecule has 20 heavy (non-hydrogen) atoms. The Labute approximate surface area is 124 Å². The van der Waals surface area contributed by atoms with Gasteiger partial charge in [-0.2, -0.15) is 11.3 Å². The summed E-state index contributed by atoms with van der Waals surface area (Å²) in [6, 6.07) is 9.72. The summed E-state index contributed by atoms with van der Waals surface area (Å²) in [5.74, 6) is 0.330. The third-order valence-electron chi connectivity index (χ3n) is 3.39. The number of benzene rings is 1. The first-order chi connectivity index (χ1) is 9.65. The van der Waals surface area contributed by atoms with Crippen molar-refractivity contribution in [2.45, 2.75) is 32.7 Å². The van der Waals surface area contributed by atoms with Crippen LogP contribution >= 0.6 is 11.3 Å². The number of halogens is 1. The lowest BCUT2D eigenvalue weighted by molar-refractivity contribution is 0.438. The first-order valence-corrected chi connectivity index (χ1v) is 8.07. The molecule has 1 unspecified atom stereocenters. The molecule has 0 spiro atoms. The van der Waals surface area contributed by atoms with Crippen LogP contribution in [0.1, 0.15) is 25.0 Å². The maximum absolute atomic E-state index is 13.8. The summed E-state index contributed by atoms with van der Waals surface area (Å²) in [4.78, 5) is 0. The van der Waals surface area contributed by atoms with Gasteiger partial charge in [0, 0.05) is 6.04 Å². The van der Waals surface area contributed by atoms with Gasteiger partial charge in [-0.15, -0.1) is 0 Å². The molecule has 0 radical (unpaired) electrons. The van der Waals surface area contributed by atoms with E-state index >= 15 is 0 Å². The summed E-state index contributed by atoms with van der Waals surface area (Å²) >= 11 is 1.72. The number of hydrogen-bond acceptors (Lipinski definition) is 2. The minimum absolute atomic E-state index is 0.0904. The summed E-state index contributed by atoms with van der Waals surface area (Å²) in [5, 5.41) is 7.77. The minimum atomic E-state index is -0.0904. The Morgan fingerprint density at radius 3 is 2.60 bits per heavy atom. The van der Waals surface area contributed by atoms with Crippen LogP contribution in [0.25, 0.3) is 0 Å². The van der Waals surface area contributed by atoms with Crippen LogP contribution in [-0.4, -0.2) is 12.6 Å². The topological polar surface area (TPSA) is 12.0 Å². The number of thiophene rings is 1. The maximum atomic E-state index is 13.8. The van der Waals surface area contributed by atoms with Crippen molar-refractivity contribution >= 4 is 11.3 Å². The SMILES string of the molecule is CC(C)NCC(Cc1ccsc1)Cc1ccccc1F. The van der Waals surface area contributed by atoms with E-state index < -0.39 is 0 Å². The Morgan fingerprint density at radius 2 is 1.95 bits per heavy atom. The highest BCUT2D eigenvalue weighted by atomic mass is 32.1. The van der Waals surface area contributed by atoms with Gasteiger partial charge in [0.2, 0.25) is 0 Å². The largest absolute Gasteiger partial charge is 0.314 e. The second-order valence-electron chi connectivity index (χ2n) is 5.56. The lowest BCUT2D eigenvalue weighted by Gasteiger charge is -2.19. The quantitative estimate of drug-likeness (QED) is 0.802. The molecule has 1 nitrogen and oxygen atoms in total. The van der Waals surface area contributed by atoms with Gasteiger partial charge >= 0.3 is 0 Å². The number of hydrogen-bond donors (Lipinski definition) is 1. The molecule has 0 fully saturated rings. The van der Waals surface area contributed by atoms with Gasteiger partial charge < -0.3 is 5.32 Å². The van der Waals surface area contributed by atoms with Crippen molar-refractivity contribution in [2.75, 3.05) is 6.54 Å². The van der Waals surface area contributed by atoms with Gasteiger partial charge in [0.25, 0.3) is 0 Å². The monoisotopic (exact) mass is 291 g/mol. The second-order valence-corrected chi connectivity index (χ2v) is 6.34. The van der Waals surface area contributed by atoms with Crippen molar-refractivity contribution < 1.29 is 4.39 Å². The van der Waals surface area contributed by atoms with Gasteiger partial charge in [-0.1, -0.05) is 32.0 Å². The minimum Gasteiger partial charge on any atom is -0.314 e. The molecule has 0 bridgehead atoms. The van der Waals surface area contributed by atoms with Crippen molar-refractivity contribution in [3.8, 4) is 0 Å². The van der Waals surface area contributed by atoms with Crippen molar-refractivity contribution in [2.24, 2.45) is 5.92 Å². The van der Waals surface area contributed by atoms with Crippen LogP contribution in [0.5, 0.6) is 0 Å². The van der Waals surface area contributed by atoms with Crippen molar-refractivity contribution in [1.29, 1.82) is 0 Å². The smallest absolute Gasteiger partial charge is 0.126 e. The summed E-state index contributed by atoms with van der Waals surface area (Å²) in [7, 11) is 0. The third-order valence-corrected chi connectivity index (χ3v) is 4.12. The van der Waals surface area contributed by atoms with E-state index in [1.54, 1.807) is 23.5 Å². The molecule has 0 saturated heterocycles. The molecular weight excluding hydrogens is 269 g/mol. The Bertz CT molecular complexity index is 507. The third kappa shape index (κ3) is 4.73. The summed E-state index contributed by atoms with van der Waals surface area (Å²) in [5.41, 5.74) is 2.17. The molecule has 0 aliphatic rings. The van der Waals surface area contributed by atoms with E-state index in [9.17, 15) is 4.39 Å². The van der Waals surface area contributed by atoms with E-state index in [4.69, 9.17) is 0 Å². The Morgan fingerprint density at radius 1 is 1.15 bits per heavy atom. The molecule has 108 valence electrons. The van der Waals surface area contributed by atoms with E-state index in [-0.39, 0.29) is 5.82 Å². The van der Waals surface area contributed by atoms with Crippen LogP contribution in [0.2, 0.25) is 0 Å². The second kappa shape index (κ2) is 7.55. The van der Waals surface area contributed by atoms with Gasteiger partial charge in [0.1, 0.15) is 5.82 Å². The highest BCUT2D eigenvalue weighted by molar-refractivity contribution is 7.07. The summed E-state index contributed by atoms with van der Waals surface area (Å²) in [6.07, 6.45) is 1.78. The van der Waals surface area contributed by atoms with Crippen LogP contribution in [-0.2, 0) is 12.8 Å². The average Bonchev–Trinajstić information content (AvgIpc) is 2.91. The highest BCUT2D eigenvalue weighted by Crippen LogP contribution is 2.18. The van der Waals surface area contributed by atoms with E-state index in [1.807, 2.05) is 12.1 Å². The van der Waals surface area contributed by atoms with E-state index in [1.165, 1.54) is 5.56 Å². The highest BCUT2D eigenvalue weighted by Gasteiger charge is 2.14. The zero-order chi connectivity index (χ0) is 14.4. The fourth-order valence-corrected chi connectivity index (χ4v) is 3.02. The lowest BCUT2D eigenvalue weighted by Crippen LogP contribution is -2.31. The molecule has 0 saturated carbocycles. The molecule has 2 rings (SSSR count). The first kappa shape index (κ1) is 15.2. The predicted octanol–water partition coefficient (Wildman–Crippen LogP) is 4.29. The fourth-order valence-electron chi connectivity index (χ4n) is 2.34. The molecular formula is C17H22FNS. The number of rotatable bonds is 7. The fraction of sp³-hybridized carbons (Fsp3) is 0.412. The molecule has 1 aromatic heterocycles. The first-order valence-electron chi connectivity index (χ1n) is 7.13.